The van der Waals surface area contributed by atoms with Crippen LogP contribution >= 0.6 is 11.8 Å². The van der Waals surface area contributed by atoms with E-state index in [1.54, 1.807) is 11.8 Å². The summed E-state index contributed by atoms with van der Waals surface area (Å²) in [7, 11) is 0. The number of hydrogen-bond acceptors (Lipinski definition) is 3. The maximum Gasteiger partial charge on any atom is 0.315 e. The Morgan fingerprint density at radius 2 is 2.14 bits per heavy atom. The minimum absolute atomic E-state index is 0.154. The lowest BCUT2D eigenvalue weighted by Gasteiger charge is -2.24. The summed E-state index contributed by atoms with van der Waals surface area (Å²) in [6.07, 6.45) is 4.02. The molecule has 120 valence electrons. The second-order valence-electron chi connectivity index (χ2n) is 6.49. The first-order chi connectivity index (χ1) is 10.6. The van der Waals surface area contributed by atoms with Crippen LogP contribution in [0.15, 0.2) is 30.3 Å². The van der Waals surface area contributed by atoms with E-state index in [0.29, 0.717) is 18.2 Å². The highest BCUT2D eigenvalue weighted by Crippen LogP contribution is 2.34. The Morgan fingerprint density at radius 1 is 1.36 bits per heavy atom. The largest absolute Gasteiger partial charge is 0.387 e. The molecule has 0 aromatic heterocycles. The molecule has 2 fully saturated rings. The Morgan fingerprint density at radius 3 is 2.77 bits per heavy atom. The molecule has 1 saturated carbocycles. The molecule has 1 aromatic carbocycles. The number of nitrogens with one attached hydrogen (secondary N) is 2. The van der Waals surface area contributed by atoms with Crippen LogP contribution in [0.25, 0.3) is 0 Å². The third-order valence-electron chi connectivity index (χ3n) is 4.47. The SMILES string of the molecule is O=C(NC[C@]1(O)CCSC1)N[C@H](Cc1ccccc1)C1CC1. The van der Waals surface area contributed by atoms with Crippen LogP contribution in [-0.4, -0.2) is 40.8 Å². The van der Waals surface area contributed by atoms with E-state index in [9.17, 15) is 9.90 Å². The van der Waals surface area contributed by atoms with E-state index < -0.39 is 5.60 Å². The number of carbonyl (C=O) groups excluding carboxylic acids is 1. The number of thioether (sulfide) groups is 1. The summed E-state index contributed by atoms with van der Waals surface area (Å²) in [5, 5.41) is 16.2. The Balaban J connectivity index is 1.49. The smallest absolute Gasteiger partial charge is 0.315 e. The third kappa shape index (κ3) is 4.40. The average Bonchev–Trinajstić information content (AvgIpc) is 3.28. The molecule has 3 N–H and O–H groups in total. The van der Waals surface area contributed by atoms with E-state index in [1.165, 1.54) is 18.4 Å². The standard InChI is InChI=1S/C17H24N2O2S/c20-16(18-11-17(21)8-9-22-12-17)19-15(14-6-7-14)10-13-4-2-1-3-5-13/h1-5,14-15,21H,6-12H2,(H2,18,19,20)/t15-,17-/m1/s1. The Bertz CT molecular complexity index is 499. The second kappa shape index (κ2) is 6.92. The molecule has 1 aromatic rings. The van der Waals surface area contributed by atoms with Crippen LogP contribution in [0.3, 0.4) is 0 Å². The highest BCUT2D eigenvalue weighted by molar-refractivity contribution is 7.99. The topological polar surface area (TPSA) is 61.4 Å². The summed E-state index contributed by atoms with van der Waals surface area (Å²) in [6, 6.07) is 10.3. The molecule has 1 aliphatic heterocycles. The molecule has 2 aliphatic rings. The molecule has 5 heteroatoms. The first-order valence-corrected chi connectivity index (χ1v) is 9.18. The fourth-order valence-corrected chi connectivity index (χ4v) is 4.20. The van der Waals surface area contributed by atoms with E-state index >= 15 is 0 Å². The van der Waals surface area contributed by atoms with Crippen LogP contribution in [0.4, 0.5) is 4.79 Å². The first-order valence-electron chi connectivity index (χ1n) is 8.03. The van der Waals surface area contributed by atoms with Crippen molar-refractivity contribution in [2.24, 2.45) is 5.92 Å². The van der Waals surface area contributed by atoms with Crippen LogP contribution in [0.2, 0.25) is 0 Å². The van der Waals surface area contributed by atoms with Crippen LogP contribution in [0.5, 0.6) is 0 Å². The average molecular weight is 320 g/mol. The highest BCUT2D eigenvalue weighted by Gasteiger charge is 2.34. The molecule has 2 atom stereocenters. The van der Waals surface area contributed by atoms with Crippen molar-refractivity contribution in [1.29, 1.82) is 0 Å². The molecule has 0 unspecified atom stereocenters. The fourth-order valence-electron chi connectivity index (χ4n) is 2.90. The van der Waals surface area contributed by atoms with Crippen LogP contribution in [-0.2, 0) is 6.42 Å². The number of hydrogen-bond donors (Lipinski definition) is 3. The van der Waals surface area contributed by atoms with Gasteiger partial charge in [-0.25, -0.2) is 4.79 Å². The minimum atomic E-state index is -0.726. The lowest BCUT2D eigenvalue weighted by molar-refractivity contribution is 0.0698. The van der Waals surface area contributed by atoms with Crippen LogP contribution in [0.1, 0.15) is 24.8 Å². The lowest BCUT2D eigenvalue weighted by Crippen LogP contribution is -2.49. The molecule has 0 bridgehead atoms. The molecule has 1 heterocycles. The predicted octanol–water partition coefficient (Wildman–Crippen LogP) is 2.17. The van der Waals surface area contributed by atoms with Crippen molar-refractivity contribution in [2.45, 2.75) is 37.3 Å². The molecule has 4 nitrogen and oxygen atoms in total. The van der Waals surface area contributed by atoms with Gasteiger partial charge in [0.1, 0.15) is 0 Å². The summed E-state index contributed by atoms with van der Waals surface area (Å²) < 4.78 is 0. The van der Waals surface area contributed by atoms with Gasteiger partial charge in [0, 0.05) is 18.3 Å². The molecule has 1 aliphatic carbocycles. The molecule has 22 heavy (non-hydrogen) atoms. The van der Waals surface area contributed by atoms with Gasteiger partial charge in [-0.2, -0.15) is 11.8 Å². The van der Waals surface area contributed by atoms with Crippen LogP contribution in [0, 0.1) is 5.92 Å². The van der Waals surface area contributed by atoms with E-state index in [2.05, 4.69) is 22.8 Å². The van der Waals surface area contributed by atoms with E-state index in [-0.39, 0.29) is 12.1 Å². The molecular weight excluding hydrogens is 296 g/mol. The van der Waals surface area contributed by atoms with Gasteiger partial charge in [0.15, 0.2) is 0 Å². The fraction of sp³-hybridized carbons (Fsp3) is 0.588. The minimum Gasteiger partial charge on any atom is -0.387 e. The number of rotatable bonds is 6. The zero-order chi connectivity index (χ0) is 15.4. The highest BCUT2D eigenvalue weighted by atomic mass is 32.2. The van der Waals surface area contributed by atoms with Gasteiger partial charge >= 0.3 is 6.03 Å². The zero-order valence-electron chi connectivity index (χ0n) is 12.8. The number of urea groups is 1. The van der Waals surface area contributed by atoms with Gasteiger partial charge in [0.25, 0.3) is 0 Å². The van der Waals surface area contributed by atoms with Gasteiger partial charge in [0.2, 0.25) is 0 Å². The summed E-state index contributed by atoms with van der Waals surface area (Å²) in [6.45, 7) is 0.342. The summed E-state index contributed by atoms with van der Waals surface area (Å²) in [5.74, 6) is 2.28. The van der Waals surface area contributed by atoms with Crippen molar-refractivity contribution in [2.75, 3.05) is 18.1 Å². The van der Waals surface area contributed by atoms with E-state index in [4.69, 9.17) is 0 Å². The van der Waals surface area contributed by atoms with Crippen molar-refractivity contribution >= 4 is 17.8 Å². The molecule has 1 saturated heterocycles. The van der Waals surface area contributed by atoms with Gasteiger partial charge in [-0.15, -0.1) is 0 Å². The van der Waals surface area contributed by atoms with E-state index in [0.717, 1.165) is 18.6 Å². The number of amides is 2. The molecular formula is C17H24N2O2S. The number of carbonyl (C=O) groups is 1. The summed E-state index contributed by atoms with van der Waals surface area (Å²) in [4.78, 5) is 12.1. The molecule has 3 rings (SSSR count). The number of aliphatic hydroxyl groups is 1. The lowest BCUT2D eigenvalue weighted by atomic mass is 10.0. The van der Waals surface area contributed by atoms with Crippen LogP contribution < -0.4 is 10.6 Å². The maximum atomic E-state index is 12.1. The first kappa shape index (κ1) is 15.7. The Hall–Kier alpha value is -1.20. The van der Waals surface area contributed by atoms with Gasteiger partial charge in [-0.1, -0.05) is 30.3 Å². The Kier molecular flexibility index (Phi) is 4.93. The van der Waals surface area contributed by atoms with Gasteiger partial charge < -0.3 is 15.7 Å². The Labute approximate surface area is 136 Å². The van der Waals surface area contributed by atoms with Crippen molar-refractivity contribution in [3.8, 4) is 0 Å². The van der Waals surface area contributed by atoms with Crippen molar-refractivity contribution < 1.29 is 9.90 Å². The van der Waals surface area contributed by atoms with Crippen molar-refractivity contribution in [3.63, 3.8) is 0 Å². The van der Waals surface area contributed by atoms with Gasteiger partial charge in [0.05, 0.1) is 5.60 Å². The zero-order valence-corrected chi connectivity index (χ0v) is 13.6. The molecule has 0 radical (unpaired) electrons. The molecule has 0 spiro atoms. The quantitative estimate of drug-likeness (QED) is 0.753. The van der Waals surface area contributed by atoms with Gasteiger partial charge in [-0.3, -0.25) is 0 Å². The summed E-state index contributed by atoms with van der Waals surface area (Å²) in [5.41, 5.74) is 0.529. The van der Waals surface area contributed by atoms with E-state index in [1.807, 2.05) is 18.2 Å². The summed E-state index contributed by atoms with van der Waals surface area (Å²) >= 11 is 1.74. The normalized spacial score (nSPS) is 25.7. The van der Waals surface area contributed by atoms with Gasteiger partial charge in [-0.05, 0) is 42.9 Å². The van der Waals surface area contributed by atoms with Crippen molar-refractivity contribution in [3.05, 3.63) is 35.9 Å². The number of benzene rings is 1. The third-order valence-corrected chi connectivity index (χ3v) is 5.70. The van der Waals surface area contributed by atoms with Crippen molar-refractivity contribution in [1.82, 2.24) is 10.6 Å². The monoisotopic (exact) mass is 320 g/mol. The second-order valence-corrected chi connectivity index (χ2v) is 7.59. The maximum absolute atomic E-state index is 12.1. The molecule has 2 amide bonds. The predicted molar refractivity (Wildman–Crippen MR) is 90.1 cm³/mol.